The van der Waals surface area contributed by atoms with E-state index in [1.54, 1.807) is 12.1 Å². The number of aromatic amines is 1. The molecule has 0 saturated carbocycles. The van der Waals surface area contributed by atoms with Crippen LogP contribution in [0.4, 0.5) is 13.2 Å². The van der Waals surface area contributed by atoms with E-state index in [2.05, 4.69) is 15.0 Å². The molecule has 0 fully saturated rings. The smallest absolute Gasteiger partial charge is 0.417 e. The van der Waals surface area contributed by atoms with Crippen LogP contribution in [-0.2, 0) is 6.18 Å². The number of alkyl halides is 3. The molecule has 23 heavy (non-hydrogen) atoms. The number of fused-ring (bicyclic) bond motifs is 1. The largest absolute Gasteiger partial charge is 0.437 e. The third kappa shape index (κ3) is 3.05. The molecule has 0 radical (unpaired) electrons. The molecular weight excluding hydrogens is 333 g/mol. The molecule has 3 rings (SSSR count). The van der Waals surface area contributed by atoms with Gasteiger partial charge in [0.25, 0.3) is 0 Å². The van der Waals surface area contributed by atoms with E-state index in [9.17, 15) is 13.2 Å². The fourth-order valence-electron chi connectivity index (χ4n) is 1.87. The van der Waals surface area contributed by atoms with Crippen molar-refractivity contribution in [3.8, 4) is 17.7 Å². The van der Waals surface area contributed by atoms with Crippen LogP contribution in [0.5, 0.6) is 11.6 Å². The van der Waals surface area contributed by atoms with Crippen molar-refractivity contribution in [3.63, 3.8) is 0 Å². The van der Waals surface area contributed by atoms with Crippen molar-refractivity contribution in [2.24, 2.45) is 0 Å². The highest BCUT2D eigenvalue weighted by molar-refractivity contribution is 6.31. The zero-order valence-electron chi connectivity index (χ0n) is 11.1. The lowest BCUT2D eigenvalue weighted by Crippen LogP contribution is -2.05. The molecule has 2 aromatic heterocycles. The standard InChI is InChI=1S/C14H6ClF3N4O/c15-9-3-7(14(16,17)18)6-20-13(9)23-8-1-2-10-11(4-8)22-12(5-19)21-10/h1-4,6H,(H,21,22). The van der Waals surface area contributed by atoms with Gasteiger partial charge in [0.05, 0.1) is 16.6 Å². The zero-order valence-corrected chi connectivity index (χ0v) is 11.9. The number of imidazole rings is 1. The molecule has 1 N–H and O–H groups in total. The summed E-state index contributed by atoms with van der Waals surface area (Å²) in [5.41, 5.74) is 0.138. The molecule has 0 aliphatic heterocycles. The van der Waals surface area contributed by atoms with Crippen molar-refractivity contribution in [2.75, 3.05) is 0 Å². The molecular formula is C14H6ClF3N4O. The summed E-state index contributed by atoms with van der Waals surface area (Å²) >= 11 is 5.78. The minimum absolute atomic E-state index is 0.142. The topological polar surface area (TPSA) is 74.6 Å². The molecule has 1 aromatic carbocycles. The van der Waals surface area contributed by atoms with E-state index in [4.69, 9.17) is 21.6 Å². The van der Waals surface area contributed by atoms with E-state index in [1.165, 1.54) is 6.07 Å². The van der Waals surface area contributed by atoms with Gasteiger partial charge in [0.1, 0.15) is 16.8 Å². The second-order valence-electron chi connectivity index (χ2n) is 4.49. The Kier molecular flexibility index (Phi) is 3.58. The van der Waals surface area contributed by atoms with Gasteiger partial charge in [0.2, 0.25) is 11.7 Å². The SMILES string of the molecule is N#Cc1nc2cc(Oc3ncc(C(F)(F)F)cc3Cl)ccc2[nH]1. The Balaban J connectivity index is 1.91. The van der Waals surface area contributed by atoms with Crippen LogP contribution >= 0.6 is 11.6 Å². The molecule has 0 unspecified atom stereocenters. The molecule has 116 valence electrons. The number of aromatic nitrogens is 3. The van der Waals surface area contributed by atoms with E-state index in [-0.39, 0.29) is 22.5 Å². The van der Waals surface area contributed by atoms with Crippen LogP contribution in [0.3, 0.4) is 0 Å². The van der Waals surface area contributed by atoms with E-state index in [1.807, 2.05) is 6.07 Å². The highest BCUT2D eigenvalue weighted by Gasteiger charge is 2.31. The number of pyridine rings is 1. The van der Waals surface area contributed by atoms with Crippen LogP contribution in [0.2, 0.25) is 5.02 Å². The van der Waals surface area contributed by atoms with Gasteiger partial charge in [-0.15, -0.1) is 0 Å². The summed E-state index contributed by atoms with van der Waals surface area (Å²) in [6.45, 7) is 0. The number of benzene rings is 1. The Morgan fingerprint density at radius 1 is 1.26 bits per heavy atom. The Labute approximate surface area is 132 Å². The Bertz CT molecular complexity index is 930. The van der Waals surface area contributed by atoms with Crippen LogP contribution in [0.15, 0.2) is 30.5 Å². The molecule has 0 atom stereocenters. The summed E-state index contributed by atoms with van der Waals surface area (Å²) in [5, 5.41) is 8.51. The predicted octanol–water partition coefficient (Wildman–Crippen LogP) is 4.29. The van der Waals surface area contributed by atoms with Crippen LogP contribution in [0.1, 0.15) is 11.4 Å². The van der Waals surface area contributed by atoms with Crippen molar-refractivity contribution in [3.05, 3.63) is 46.9 Å². The van der Waals surface area contributed by atoms with E-state index in [0.29, 0.717) is 17.2 Å². The number of hydrogen-bond acceptors (Lipinski definition) is 4. The van der Waals surface area contributed by atoms with Gasteiger partial charge in [-0.05, 0) is 18.2 Å². The third-order valence-corrected chi connectivity index (χ3v) is 3.18. The fraction of sp³-hybridized carbons (Fsp3) is 0.0714. The van der Waals surface area contributed by atoms with Crippen molar-refractivity contribution < 1.29 is 17.9 Å². The van der Waals surface area contributed by atoms with E-state index >= 15 is 0 Å². The van der Waals surface area contributed by atoms with Crippen LogP contribution in [0.25, 0.3) is 11.0 Å². The van der Waals surface area contributed by atoms with Crippen LogP contribution in [0, 0.1) is 11.3 Å². The molecule has 3 aromatic rings. The first kappa shape index (κ1) is 15.1. The molecule has 0 saturated heterocycles. The Hall–Kier alpha value is -2.79. The molecule has 0 spiro atoms. The summed E-state index contributed by atoms with van der Waals surface area (Å²) in [4.78, 5) is 10.4. The fourth-order valence-corrected chi connectivity index (χ4v) is 2.07. The molecule has 2 heterocycles. The van der Waals surface area contributed by atoms with Gasteiger partial charge in [-0.25, -0.2) is 9.97 Å². The van der Waals surface area contributed by atoms with Gasteiger partial charge in [0.15, 0.2) is 0 Å². The minimum Gasteiger partial charge on any atom is -0.437 e. The lowest BCUT2D eigenvalue weighted by atomic mass is 10.3. The van der Waals surface area contributed by atoms with Crippen molar-refractivity contribution in [1.29, 1.82) is 5.26 Å². The first-order chi connectivity index (χ1) is 10.9. The molecule has 0 bridgehead atoms. The van der Waals surface area contributed by atoms with Crippen molar-refractivity contribution >= 4 is 22.6 Å². The summed E-state index contributed by atoms with van der Waals surface area (Å²) in [6.07, 6.45) is -3.89. The van der Waals surface area contributed by atoms with Crippen LogP contribution < -0.4 is 4.74 Å². The predicted molar refractivity (Wildman–Crippen MR) is 75.1 cm³/mol. The van der Waals surface area contributed by atoms with Gasteiger partial charge in [0, 0.05) is 12.3 Å². The minimum atomic E-state index is -4.53. The van der Waals surface area contributed by atoms with Crippen molar-refractivity contribution in [1.82, 2.24) is 15.0 Å². The zero-order chi connectivity index (χ0) is 16.6. The highest BCUT2D eigenvalue weighted by atomic mass is 35.5. The number of H-pyrrole nitrogens is 1. The number of nitriles is 1. The summed E-state index contributed by atoms with van der Waals surface area (Å²) in [7, 11) is 0. The first-order valence-corrected chi connectivity index (χ1v) is 6.55. The summed E-state index contributed by atoms with van der Waals surface area (Å²) < 4.78 is 43.1. The average Bonchev–Trinajstić information content (AvgIpc) is 2.90. The highest BCUT2D eigenvalue weighted by Crippen LogP contribution is 2.34. The molecule has 0 aliphatic carbocycles. The molecule has 9 heteroatoms. The van der Waals surface area contributed by atoms with E-state index in [0.717, 1.165) is 6.07 Å². The second kappa shape index (κ2) is 5.44. The quantitative estimate of drug-likeness (QED) is 0.756. The van der Waals surface area contributed by atoms with Crippen LogP contribution in [-0.4, -0.2) is 15.0 Å². The normalized spacial score (nSPS) is 11.4. The number of ether oxygens (including phenoxy) is 1. The lowest BCUT2D eigenvalue weighted by molar-refractivity contribution is -0.137. The molecule has 0 amide bonds. The molecule has 5 nitrogen and oxygen atoms in total. The number of hydrogen-bond donors (Lipinski definition) is 1. The number of rotatable bonds is 2. The third-order valence-electron chi connectivity index (χ3n) is 2.91. The average molecular weight is 339 g/mol. The Morgan fingerprint density at radius 3 is 2.70 bits per heavy atom. The maximum atomic E-state index is 12.6. The van der Waals surface area contributed by atoms with Gasteiger partial charge >= 0.3 is 6.18 Å². The van der Waals surface area contributed by atoms with E-state index < -0.39 is 11.7 Å². The first-order valence-electron chi connectivity index (χ1n) is 6.17. The van der Waals surface area contributed by atoms with Gasteiger partial charge < -0.3 is 9.72 Å². The lowest BCUT2D eigenvalue weighted by Gasteiger charge is -2.10. The van der Waals surface area contributed by atoms with Crippen molar-refractivity contribution in [2.45, 2.75) is 6.18 Å². The summed E-state index contributed by atoms with van der Waals surface area (Å²) in [5.74, 6) is 0.264. The maximum Gasteiger partial charge on any atom is 0.417 e. The second-order valence-corrected chi connectivity index (χ2v) is 4.89. The number of nitrogens with zero attached hydrogens (tertiary/aromatic N) is 3. The van der Waals surface area contributed by atoms with Gasteiger partial charge in [-0.3, -0.25) is 0 Å². The number of nitrogens with one attached hydrogen (secondary N) is 1. The Morgan fingerprint density at radius 2 is 2.04 bits per heavy atom. The number of halogens is 4. The summed E-state index contributed by atoms with van der Waals surface area (Å²) in [6, 6.07) is 7.30. The van der Waals surface area contributed by atoms with Gasteiger partial charge in [-0.1, -0.05) is 11.6 Å². The molecule has 0 aliphatic rings. The monoisotopic (exact) mass is 338 g/mol. The van der Waals surface area contributed by atoms with Gasteiger partial charge in [-0.2, -0.15) is 18.4 Å². The maximum absolute atomic E-state index is 12.6.